The largest absolute Gasteiger partial charge is 0.349 e. The molecule has 0 bridgehead atoms. The van der Waals surface area contributed by atoms with E-state index in [0.29, 0.717) is 6.42 Å². The molecule has 26 heavy (non-hydrogen) atoms. The Morgan fingerprint density at radius 1 is 1.12 bits per heavy atom. The van der Waals surface area contributed by atoms with Crippen molar-refractivity contribution < 1.29 is 4.79 Å². The van der Waals surface area contributed by atoms with E-state index in [1.165, 1.54) is 11.1 Å². The summed E-state index contributed by atoms with van der Waals surface area (Å²) in [6.45, 7) is 4.09. The molecule has 1 atom stereocenters. The van der Waals surface area contributed by atoms with Gasteiger partial charge in [0.05, 0.1) is 18.0 Å². The monoisotopic (exact) mass is 344 g/mol. The van der Waals surface area contributed by atoms with Crippen molar-refractivity contribution in [3.8, 4) is 0 Å². The number of benzene rings is 2. The van der Waals surface area contributed by atoms with Crippen LogP contribution in [0.3, 0.4) is 0 Å². The quantitative estimate of drug-likeness (QED) is 0.755. The maximum absolute atomic E-state index is 12.8. The smallest absolute Gasteiger partial charge is 0.224 e. The van der Waals surface area contributed by atoms with Crippen molar-refractivity contribution in [2.75, 3.05) is 0 Å². The van der Waals surface area contributed by atoms with Gasteiger partial charge in [-0.3, -0.25) is 9.78 Å². The second kappa shape index (κ2) is 6.91. The number of nitrogens with zero attached hydrogens (tertiary/aromatic N) is 1. The third-order valence-electron chi connectivity index (χ3n) is 5.53. The van der Waals surface area contributed by atoms with Gasteiger partial charge in [-0.1, -0.05) is 42.5 Å². The normalized spacial score (nSPS) is 16.3. The predicted octanol–water partition coefficient (Wildman–Crippen LogP) is 4.59. The zero-order valence-corrected chi connectivity index (χ0v) is 15.4. The van der Waals surface area contributed by atoms with Crippen LogP contribution in [0.5, 0.6) is 0 Å². The molecule has 132 valence electrons. The van der Waals surface area contributed by atoms with E-state index in [2.05, 4.69) is 42.6 Å². The molecular weight excluding hydrogens is 320 g/mol. The van der Waals surface area contributed by atoms with Crippen LogP contribution in [-0.4, -0.2) is 10.9 Å². The van der Waals surface area contributed by atoms with Gasteiger partial charge in [0.2, 0.25) is 5.91 Å². The lowest BCUT2D eigenvalue weighted by Gasteiger charge is -2.26. The minimum Gasteiger partial charge on any atom is -0.349 e. The number of amides is 1. The summed E-state index contributed by atoms with van der Waals surface area (Å²) in [6, 6.07) is 16.7. The van der Waals surface area contributed by atoms with Crippen LogP contribution in [0.25, 0.3) is 10.9 Å². The number of carbonyl (C=O) groups is 1. The number of nitrogens with one attached hydrogen (secondary N) is 1. The van der Waals surface area contributed by atoms with E-state index in [1.807, 2.05) is 25.1 Å². The van der Waals surface area contributed by atoms with Crippen molar-refractivity contribution in [3.05, 3.63) is 76.5 Å². The molecule has 1 aliphatic carbocycles. The van der Waals surface area contributed by atoms with Crippen molar-refractivity contribution in [1.82, 2.24) is 10.3 Å². The number of aryl methyl sites for hydroxylation is 3. The highest BCUT2D eigenvalue weighted by atomic mass is 16.1. The van der Waals surface area contributed by atoms with E-state index in [-0.39, 0.29) is 11.9 Å². The summed E-state index contributed by atoms with van der Waals surface area (Å²) in [6.07, 6.45) is 3.62. The Balaban J connectivity index is 1.57. The molecule has 2 aromatic carbocycles. The van der Waals surface area contributed by atoms with Gasteiger partial charge in [-0.15, -0.1) is 0 Å². The fraction of sp³-hybridized carbons (Fsp3) is 0.304. The molecule has 4 rings (SSSR count). The summed E-state index contributed by atoms with van der Waals surface area (Å²) in [4.78, 5) is 17.5. The molecule has 0 spiro atoms. The number of pyridine rings is 1. The van der Waals surface area contributed by atoms with Crippen LogP contribution in [0, 0.1) is 13.8 Å². The summed E-state index contributed by atoms with van der Waals surface area (Å²) in [5.41, 5.74) is 6.78. The Morgan fingerprint density at radius 2 is 1.88 bits per heavy atom. The van der Waals surface area contributed by atoms with Crippen LogP contribution in [0.2, 0.25) is 0 Å². The molecule has 3 aromatic rings. The first kappa shape index (κ1) is 16.8. The number of hydrogen-bond acceptors (Lipinski definition) is 2. The van der Waals surface area contributed by atoms with E-state index in [4.69, 9.17) is 4.98 Å². The molecule has 1 unspecified atom stereocenters. The first-order chi connectivity index (χ1) is 12.6. The zero-order chi connectivity index (χ0) is 18.1. The minimum atomic E-state index is 0.0787. The van der Waals surface area contributed by atoms with Gasteiger partial charge < -0.3 is 5.32 Å². The van der Waals surface area contributed by atoms with Gasteiger partial charge in [0.15, 0.2) is 0 Å². The molecule has 0 aliphatic heterocycles. The van der Waals surface area contributed by atoms with Gasteiger partial charge in [-0.25, -0.2) is 0 Å². The first-order valence-electron chi connectivity index (χ1n) is 9.35. The van der Waals surface area contributed by atoms with E-state index in [9.17, 15) is 4.79 Å². The molecular formula is C23H24N2O. The van der Waals surface area contributed by atoms with Crippen molar-refractivity contribution >= 4 is 16.8 Å². The highest BCUT2D eigenvalue weighted by Crippen LogP contribution is 2.30. The predicted molar refractivity (Wildman–Crippen MR) is 105 cm³/mol. The van der Waals surface area contributed by atoms with Gasteiger partial charge in [-0.2, -0.15) is 0 Å². The molecule has 0 saturated heterocycles. The van der Waals surface area contributed by atoms with Crippen molar-refractivity contribution in [3.63, 3.8) is 0 Å². The molecule has 0 fully saturated rings. The topological polar surface area (TPSA) is 42.0 Å². The maximum atomic E-state index is 12.8. The number of rotatable bonds is 3. The average Bonchev–Trinajstić information content (AvgIpc) is 2.65. The second-order valence-corrected chi connectivity index (χ2v) is 7.21. The van der Waals surface area contributed by atoms with Crippen molar-refractivity contribution in [1.29, 1.82) is 0 Å². The standard InChI is InChI=1S/C23H24N2O/c1-15-18-10-5-6-12-21(18)24-16(2)20(15)14-23(26)25-22-13-7-9-17-8-3-4-11-19(17)22/h3-6,8,10-12,22H,7,9,13-14H2,1-2H3,(H,25,26). The third-order valence-corrected chi connectivity index (χ3v) is 5.53. The lowest BCUT2D eigenvalue weighted by atomic mass is 9.87. The molecule has 3 heteroatoms. The van der Waals surface area contributed by atoms with Crippen LogP contribution < -0.4 is 5.32 Å². The summed E-state index contributed by atoms with van der Waals surface area (Å²) in [7, 11) is 0. The van der Waals surface area contributed by atoms with E-state index < -0.39 is 0 Å². The molecule has 1 amide bonds. The zero-order valence-electron chi connectivity index (χ0n) is 15.4. The first-order valence-corrected chi connectivity index (χ1v) is 9.35. The second-order valence-electron chi connectivity index (χ2n) is 7.21. The summed E-state index contributed by atoms with van der Waals surface area (Å²) >= 11 is 0. The van der Waals surface area contributed by atoms with Gasteiger partial charge in [0.1, 0.15) is 0 Å². The molecule has 0 radical (unpaired) electrons. The number of fused-ring (bicyclic) bond motifs is 2. The molecule has 1 aromatic heterocycles. The molecule has 0 saturated carbocycles. The minimum absolute atomic E-state index is 0.0787. The molecule has 1 heterocycles. The fourth-order valence-electron chi connectivity index (χ4n) is 4.14. The Bertz CT molecular complexity index is 977. The van der Waals surface area contributed by atoms with Crippen LogP contribution >= 0.6 is 0 Å². The highest BCUT2D eigenvalue weighted by Gasteiger charge is 2.22. The summed E-state index contributed by atoms with van der Waals surface area (Å²) < 4.78 is 0. The highest BCUT2D eigenvalue weighted by molar-refractivity contribution is 5.86. The van der Waals surface area contributed by atoms with Gasteiger partial charge in [0, 0.05) is 11.1 Å². The number of carbonyl (C=O) groups excluding carboxylic acids is 1. The van der Waals surface area contributed by atoms with Crippen LogP contribution in [-0.2, 0) is 17.6 Å². The lowest BCUT2D eigenvalue weighted by Crippen LogP contribution is -2.32. The van der Waals surface area contributed by atoms with E-state index in [0.717, 1.165) is 47.0 Å². The molecule has 1 N–H and O–H groups in total. The Kier molecular flexibility index (Phi) is 4.46. The van der Waals surface area contributed by atoms with Gasteiger partial charge >= 0.3 is 0 Å². The SMILES string of the molecule is Cc1nc2ccccc2c(C)c1CC(=O)NC1CCCc2ccccc21. The third kappa shape index (κ3) is 3.10. The van der Waals surface area contributed by atoms with Crippen molar-refractivity contribution in [2.24, 2.45) is 0 Å². The number of para-hydroxylation sites is 1. The van der Waals surface area contributed by atoms with Crippen molar-refractivity contribution in [2.45, 2.75) is 45.6 Å². The fourth-order valence-corrected chi connectivity index (χ4v) is 4.14. The Labute approximate surface area is 154 Å². The van der Waals surface area contributed by atoms with Gasteiger partial charge in [0.25, 0.3) is 0 Å². The maximum Gasteiger partial charge on any atom is 0.224 e. The van der Waals surface area contributed by atoms with E-state index >= 15 is 0 Å². The van der Waals surface area contributed by atoms with Crippen LogP contribution in [0.15, 0.2) is 48.5 Å². The van der Waals surface area contributed by atoms with E-state index in [1.54, 1.807) is 0 Å². The van der Waals surface area contributed by atoms with Crippen LogP contribution in [0.1, 0.15) is 46.8 Å². The molecule has 1 aliphatic rings. The number of hydrogen-bond donors (Lipinski definition) is 1. The summed E-state index contributed by atoms with van der Waals surface area (Å²) in [5.74, 6) is 0.0787. The summed E-state index contributed by atoms with van der Waals surface area (Å²) in [5, 5.41) is 4.39. The van der Waals surface area contributed by atoms with Gasteiger partial charge in [-0.05, 0) is 61.4 Å². The molecule has 3 nitrogen and oxygen atoms in total. The average molecular weight is 344 g/mol. The Morgan fingerprint density at radius 3 is 2.77 bits per heavy atom. The lowest BCUT2D eigenvalue weighted by molar-refractivity contribution is -0.121. The van der Waals surface area contributed by atoms with Crippen LogP contribution in [0.4, 0.5) is 0 Å². The number of aromatic nitrogens is 1. The Hall–Kier alpha value is -2.68.